The van der Waals surface area contributed by atoms with Gasteiger partial charge in [-0.3, -0.25) is 9.59 Å². The van der Waals surface area contributed by atoms with E-state index in [0.29, 0.717) is 30.0 Å². The fraction of sp³-hybridized carbons (Fsp3) is 0.375. The van der Waals surface area contributed by atoms with Crippen LogP contribution in [-0.2, 0) is 14.3 Å². The van der Waals surface area contributed by atoms with Crippen LogP contribution in [0.1, 0.15) is 19.8 Å². The van der Waals surface area contributed by atoms with Gasteiger partial charge in [-0.2, -0.15) is 0 Å². The van der Waals surface area contributed by atoms with Gasteiger partial charge in [-0.15, -0.1) is 0 Å². The summed E-state index contributed by atoms with van der Waals surface area (Å²) >= 11 is 5.99. The first-order valence-corrected chi connectivity index (χ1v) is 7.31. The molecule has 1 unspecified atom stereocenters. The molecular weight excluding hydrogens is 290 g/mol. The van der Waals surface area contributed by atoms with E-state index in [4.69, 9.17) is 16.3 Å². The van der Waals surface area contributed by atoms with Gasteiger partial charge in [-0.25, -0.2) is 0 Å². The third-order valence-corrected chi connectivity index (χ3v) is 3.84. The number of carbonyl (C=O) groups excluding carboxylic acids is 2. The largest absolute Gasteiger partial charge is 0.469 e. The van der Waals surface area contributed by atoms with Gasteiger partial charge in [0.15, 0.2) is 0 Å². The second kappa shape index (κ2) is 6.76. The van der Waals surface area contributed by atoms with Crippen molar-refractivity contribution in [2.45, 2.75) is 19.8 Å². The maximum Gasteiger partial charge on any atom is 0.313 e. The monoisotopic (exact) mass is 307 g/mol. The zero-order valence-corrected chi connectivity index (χ0v) is 12.9. The molecule has 5 heteroatoms. The van der Waals surface area contributed by atoms with Crippen molar-refractivity contribution in [2.24, 2.45) is 5.92 Å². The van der Waals surface area contributed by atoms with E-state index < -0.39 is 5.92 Å². The summed E-state index contributed by atoms with van der Waals surface area (Å²) in [5, 5.41) is 0.573. The Balaban J connectivity index is 2.26. The summed E-state index contributed by atoms with van der Waals surface area (Å²) in [7, 11) is 1.34. The van der Waals surface area contributed by atoms with Crippen molar-refractivity contribution in [1.82, 2.24) is 0 Å². The minimum atomic E-state index is -0.462. The van der Waals surface area contributed by atoms with E-state index in [9.17, 15) is 9.59 Å². The zero-order chi connectivity index (χ0) is 15.4. The lowest BCUT2D eigenvalue weighted by atomic mass is 10.0. The number of methoxy groups -OCH3 is 1. The summed E-state index contributed by atoms with van der Waals surface area (Å²) in [6, 6.07) is 7.13. The van der Waals surface area contributed by atoms with Gasteiger partial charge < -0.3 is 9.64 Å². The van der Waals surface area contributed by atoms with Crippen LogP contribution < -0.4 is 4.90 Å². The number of nitrogens with zero attached hydrogens (tertiary/aromatic N) is 1. The molecule has 0 fully saturated rings. The molecule has 0 aromatic heterocycles. The van der Waals surface area contributed by atoms with Gasteiger partial charge in [0.2, 0.25) is 0 Å². The maximum absolute atomic E-state index is 12.7. The van der Waals surface area contributed by atoms with Crippen LogP contribution in [0.15, 0.2) is 35.9 Å². The predicted molar refractivity (Wildman–Crippen MR) is 82.3 cm³/mol. The van der Waals surface area contributed by atoms with E-state index in [0.717, 1.165) is 5.69 Å². The van der Waals surface area contributed by atoms with Crippen LogP contribution in [0.4, 0.5) is 5.69 Å². The fourth-order valence-electron chi connectivity index (χ4n) is 2.57. The van der Waals surface area contributed by atoms with Gasteiger partial charge in [0.1, 0.15) is 0 Å². The summed E-state index contributed by atoms with van der Waals surface area (Å²) < 4.78 is 4.78. The number of anilines is 1. The third kappa shape index (κ3) is 3.27. The Morgan fingerprint density at radius 3 is 2.81 bits per heavy atom. The Morgan fingerprint density at radius 1 is 1.43 bits per heavy atom. The van der Waals surface area contributed by atoms with Gasteiger partial charge >= 0.3 is 5.97 Å². The lowest BCUT2D eigenvalue weighted by Gasteiger charge is -2.23. The molecule has 4 nitrogen and oxygen atoms in total. The molecule has 1 atom stereocenters. The normalized spacial score (nSPS) is 17.3. The quantitative estimate of drug-likeness (QED) is 0.803. The van der Waals surface area contributed by atoms with Gasteiger partial charge in [0, 0.05) is 22.8 Å². The van der Waals surface area contributed by atoms with Crippen LogP contribution in [-0.4, -0.2) is 25.5 Å². The minimum absolute atomic E-state index is 0.160. The standard InChI is InChI=1S/C16H18ClNO3/c1-3-18(12-7-4-6-11(17)10-12)15(19)13-8-5-9-14(13)16(20)21-2/h4,6-8,10,14H,3,5,9H2,1-2H3. The topological polar surface area (TPSA) is 46.6 Å². The van der Waals surface area contributed by atoms with Crippen LogP contribution >= 0.6 is 11.6 Å². The Labute approximate surface area is 129 Å². The van der Waals surface area contributed by atoms with Crippen LogP contribution in [0.3, 0.4) is 0 Å². The van der Waals surface area contributed by atoms with Gasteiger partial charge in [0.05, 0.1) is 13.0 Å². The Morgan fingerprint density at radius 2 is 2.19 bits per heavy atom. The first-order chi connectivity index (χ1) is 10.1. The molecule has 2 rings (SSSR count). The summed E-state index contributed by atoms with van der Waals surface area (Å²) in [6.45, 7) is 2.39. The summed E-state index contributed by atoms with van der Waals surface area (Å²) in [5.41, 5.74) is 1.25. The Bertz CT molecular complexity index is 583. The Kier molecular flexibility index (Phi) is 5.02. The molecule has 0 aliphatic heterocycles. The second-order valence-electron chi connectivity index (χ2n) is 4.84. The third-order valence-electron chi connectivity index (χ3n) is 3.61. The van der Waals surface area contributed by atoms with Crippen molar-refractivity contribution < 1.29 is 14.3 Å². The van der Waals surface area contributed by atoms with Crippen LogP contribution in [0.25, 0.3) is 0 Å². The van der Waals surface area contributed by atoms with E-state index >= 15 is 0 Å². The van der Waals surface area contributed by atoms with Gasteiger partial charge in [-0.1, -0.05) is 23.7 Å². The second-order valence-corrected chi connectivity index (χ2v) is 5.28. The molecular formula is C16H18ClNO3. The summed E-state index contributed by atoms with van der Waals surface area (Å²) in [4.78, 5) is 26.1. The van der Waals surface area contributed by atoms with E-state index in [1.165, 1.54) is 7.11 Å². The number of halogens is 1. The van der Waals surface area contributed by atoms with E-state index in [1.54, 1.807) is 23.1 Å². The van der Waals surface area contributed by atoms with Crippen molar-refractivity contribution in [3.63, 3.8) is 0 Å². The number of carbonyl (C=O) groups is 2. The molecule has 1 aromatic carbocycles. The van der Waals surface area contributed by atoms with Crippen LogP contribution in [0.5, 0.6) is 0 Å². The number of benzene rings is 1. The fourth-order valence-corrected chi connectivity index (χ4v) is 2.75. The lowest BCUT2D eigenvalue weighted by molar-refractivity contribution is -0.144. The van der Waals surface area contributed by atoms with E-state index in [-0.39, 0.29) is 11.9 Å². The van der Waals surface area contributed by atoms with Crippen molar-refractivity contribution >= 4 is 29.2 Å². The molecule has 112 valence electrons. The molecule has 0 heterocycles. The van der Waals surface area contributed by atoms with Gasteiger partial charge in [0.25, 0.3) is 5.91 Å². The average Bonchev–Trinajstić information content (AvgIpc) is 2.96. The molecule has 1 aromatic rings. The predicted octanol–water partition coefficient (Wildman–Crippen LogP) is 3.20. The lowest BCUT2D eigenvalue weighted by Crippen LogP contribution is -2.35. The highest BCUT2D eigenvalue weighted by atomic mass is 35.5. The highest BCUT2D eigenvalue weighted by Crippen LogP contribution is 2.30. The SMILES string of the molecule is CCN(C(=O)C1=CCCC1C(=O)OC)c1cccc(Cl)c1. The minimum Gasteiger partial charge on any atom is -0.469 e. The highest BCUT2D eigenvalue weighted by Gasteiger charge is 2.33. The maximum atomic E-state index is 12.7. The number of allylic oxidation sites excluding steroid dienone is 1. The molecule has 1 amide bonds. The first-order valence-electron chi connectivity index (χ1n) is 6.93. The summed E-state index contributed by atoms with van der Waals surface area (Å²) in [6.07, 6.45) is 3.17. The van der Waals surface area contributed by atoms with E-state index in [1.807, 2.05) is 19.1 Å². The number of esters is 1. The summed E-state index contributed by atoms with van der Waals surface area (Å²) in [5.74, 6) is -0.974. The number of rotatable bonds is 4. The van der Waals surface area contributed by atoms with Crippen molar-refractivity contribution in [1.29, 1.82) is 0 Å². The molecule has 0 saturated carbocycles. The number of hydrogen-bond acceptors (Lipinski definition) is 3. The number of amides is 1. The smallest absolute Gasteiger partial charge is 0.313 e. The van der Waals surface area contributed by atoms with Gasteiger partial charge in [-0.05, 0) is 38.0 Å². The molecule has 1 aliphatic carbocycles. The number of ether oxygens (including phenoxy) is 1. The van der Waals surface area contributed by atoms with Crippen molar-refractivity contribution in [3.8, 4) is 0 Å². The Hall–Kier alpha value is -1.81. The first kappa shape index (κ1) is 15.6. The van der Waals surface area contributed by atoms with E-state index in [2.05, 4.69) is 0 Å². The average molecular weight is 308 g/mol. The van der Waals surface area contributed by atoms with Crippen LogP contribution in [0.2, 0.25) is 5.02 Å². The van der Waals surface area contributed by atoms with Crippen LogP contribution in [0, 0.1) is 5.92 Å². The molecule has 0 bridgehead atoms. The number of likely N-dealkylation sites (N-methyl/N-ethyl adjacent to an activating group) is 1. The molecule has 21 heavy (non-hydrogen) atoms. The molecule has 0 N–H and O–H groups in total. The van der Waals surface area contributed by atoms with Crippen molar-refractivity contribution in [2.75, 3.05) is 18.6 Å². The molecule has 0 spiro atoms. The molecule has 1 aliphatic rings. The highest BCUT2D eigenvalue weighted by molar-refractivity contribution is 6.31. The molecule has 0 saturated heterocycles. The zero-order valence-electron chi connectivity index (χ0n) is 12.1. The van der Waals surface area contributed by atoms with Crippen molar-refractivity contribution in [3.05, 3.63) is 40.9 Å². The number of hydrogen-bond donors (Lipinski definition) is 0. The molecule has 0 radical (unpaired) electrons.